The number of rotatable bonds is 6. The Morgan fingerprint density at radius 1 is 1.03 bits per heavy atom. The number of aliphatic imine (C=N–C) groups is 1. The van der Waals surface area contributed by atoms with Gasteiger partial charge in [0, 0.05) is 44.9 Å². The molecule has 1 aromatic rings. The van der Waals surface area contributed by atoms with E-state index in [2.05, 4.69) is 24.1 Å². The molecule has 1 aromatic carbocycles. The first kappa shape index (κ1) is 24.9. The first-order valence-corrected chi connectivity index (χ1v) is 11.2. The van der Waals surface area contributed by atoms with E-state index in [-0.39, 0.29) is 29.9 Å². The van der Waals surface area contributed by atoms with Gasteiger partial charge in [0.05, 0.1) is 12.6 Å². The van der Waals surface area contributed by atoms with Crippen molar-refractivity contribution in [2.24, 2.45) is 4.99 Å². The summed E-state index contributed by atoms with van der Waals surface area (Å²) in [6.07, 6.45) is 5.94. The number of halogens is 1. The zero-order valence-electron chi connectivity index (χ0n) is 18.4. The fraction of sp³-hybridized carbons (Fsp3) is 0.652. The van der Waals surface area contributed by atoms with E-state index in [1.807, 2.05) is 29.2 Å². The number of guanidine groups is 1. The molecule has 6 nitrogen and oxygen atoms in total. The first-order chi connectivity index (χ1) is 14.2. The zero-order valence-corrected chi connectivity index (χ0v) is 20.8. The smallest absolute Gasteiger partial charge is 0.253 e. The second-order valence-corrected chi connectivity index (χ2v) is 7.86. The van der Waals surface area contributed by atoms with Crippen LogP contribution in [0.15, 0.2) is 29.3 Å². The van der Waals surface area contributed by atoms with E-state index in [4.69, 9.17) is 9.73 Å². The van der Waals surface area contributed by atoms with Crippen molar-refractivity contribution >= 4 is 35.8 Å². The number of benzene rings is 1. The predicted molar refractivity (Wildman–Crippen MR) is 133 cm³/mol. The van der Waals surface area contributed by atoms with Gasteiger partial charge in [-0.25, -0.2) is 4.99 Å². The summed E-state index contributed by atoms with van der Waals surface area (Å²) in [5.41, 5.74) is 1.91. The van der Waals surface area contributed by atoms with Crippen molar-refractivity contribution in [3.05, 3.63) is 35.4 Å². The number of hydrogen-bond acceptors (Lipinski definition) is 3. The van der Waals surface area contributed by atoms with Crippen LogP contribution in [-0.2, 0) is 11.3 Å². The third-order valence-corrected chi connectivity index (χ3v) is 5.73. The average Bonchev–Trinajstić information content (AvgIpc) is 2.78. The Hall–Kier alpha value is -1.35. The van der Waals surface area contributed by atoms with Crippen LogP contribution in [0.2, 0.25) is 0 Å². The molecule has 2 fully saturated rings. The topological polar surface area (TPSA) is 57.2 Å². The molecule has 0 saturated carbocycles. The van der Waals surface area contributed by atoms with Crippen LogP contribution in [0.5, 0.6) is 0 Å². The van der Waals surface area contributed by atoms with E-state index in [1.165, 1.54) is 6.42 Å². The highest BCUT2D eigenvalue weighted by atomic mass is 127. The monoisotopic (exact) mass is 528 g/mol. The fourth-order valence-electron chi connectivity index (χ4n) is 4.09. The molecule has 2 aliphatic rings. The van der Waals surface area contributed by atoms with Crippen LogP contribution in [0.4, 0.5) is 0 Å². The van der Waals surface area contributed by atoms with Crippen molar-refractivity contribution in [3.8, 4) is 0 Å². The van der Waals surface area contributed by atoms with Crippen LogP contribution in [0, 0.1) is 0 Å². The zero-order chi connectivity index (χ0) is 20.5. The van der Waals surface area contributed by atoms with E-state index < -0.39 is 0 Å². The highest BCUT2D eigenvalue weighted by Gasteiger charge is 2.21. The number of carbonyl (C=O) groups is 1. The molecule has 0 radical (unpaired) electrons. The summed E-state index contributed by atoms with van der Waals surface area (Å²) in [5, 5.41) is 3.42. The Morgan fingerprint density at radius 2 is 1.70 bits per heavy atom. The standard InChI is InChI=1S/C23H36N4O2.HI/c1-3-24-23(27-16-12-21(13-17-27)29-4-2)25-18-19-8-10-20(11-9-19)22(28)26-14-6-5-7-15-26;/h8-11,21H,3-7,12-18H2,1-2H3,(H,24,25);1H. The SMILES string of the molecule is CCNC(=NCc1ccc(C(=O)N2CCCCC2)cc1)N1CCC(OCC)CC1.I. The van der Waals surface area contributed by atoms with Crippen molar-refractivity contribution in [3.63, 3.8) is 0 Å². The molecule has 1 N–H and O–H groups in total. The van der Waals surface area contributed by atoms with Crippen LogP contribution < -0.4 is 5.32 Å². The predicted octanol–water partition coefficient (Wildman–Crippen LogP) is 3.90. The van der Waals surface area contributed by atoms with E-state index >= 15 is 0 Å². The second-order valence-electron chi connectivity index (χ2n) is 7.86. The lowest BCUT2D eigenvalue weighted by Gasteiger charge is -2.34. The third-order valence-electron chi connectivity index (χ3n) is 5.73. The Balaban J connectivity index is 0.00000320. The average molecular weight is 528 g/mol. The summed E-state index contributed by atoms with van der Waals surface area (Å²) < 4.78 is 5.76. The van der Waals surface area contributed by atoms with Crippen molar-refractivity contribution in [2.75, 3.05) is 39.3 Å². The van der Waals surface area contributed by atoms with Crippen molar-refractivity contribution in [1.82, 2.24) is 15.1 Å². The number of likely N-dealkylation sites (tertiary alicyclic amines) is 2. The van der Waals surface area contributed by atoms with Crippen LogP contribution in [0.1, 0.15) is 61.9 Å². The number of carbonyl (C=O) groups excluding carboxylic acids is 1. The van der Waals surface area contributed by atoms with Crippen LogP contribution in [-0.4, -0.2) is 67.1 Å². The second kappa shape index (κ2) is 13.1. The van der Waals surface area contributed by atoms with Gasteiger partial charge in [-0.05, 0) is 63.6 Å². The van der Waals surface area contributed by atoms with E-state index in [0.717, 1.165) is 82.1 Å². The van der Waals surface area contributed by atoms with Crippen LogP contribution in [0.25, 0.3) is 0 Å². The van der Waals surface area contributed by atoms with E-state index in [1.54, 1.807) is 0 Å². The number of ether oxygens (including phenoxy) is 1. The molecule has 1 amide bonds. The molecule has 0 bridgehead atoms. The Bertz CT molecular complexity index is 666. The fourth-order valence-corrected chi connectivity index (χ4v) is 4.09. The highest BCUT2D eigenvalue weighted by Crippen LogP contribution is 2.16. The van der Waals surface area contributed by atoms with Gasteiger partial charge in [0.25, 0.3) is 5.91 Å². The maximum Gasteiger partial charge on any atom is 0.253 e. The quantitative estimate of drug-likeness (QED) is 0.346. The number of amides is 1. The van der Waals surface area contributed by atoms with Crippen molar-refractivity contribution in [1.29, 1.82) is 0 Å². The molecule has 30 heavy (non-hydrogen) atoms. The lowest BCUT2D eigenvalue weighted by molar-refractivity contribution is 0.0263. The van der Waals surface area contributed by atoms with Crippen molar-refractivity contribution < 1.29 is 9.53 Å². The van der Waals surface area contributed by atoms with E-state index in [9.17, 15) is 4.79 Å². The van der Waals surface area contributed by atoms with E-state index in [0.29, 0.717) is 12.6 Å². The molecule has 2 heterocycles. The minimum Gasteiger partial charge on any atom is -0.378 e. The minimum atomic E-state index is 0. The van der Waals surface area contributed by atoms with Gasteiger partial charge in [-0.3, -0.25) is 4.79 Å². The molecular formula is C23H37IN4O2. The lowest BCUT2D eigenvalue weighted by Crippen LogP contribution is -2.47. The molecule has 168 valence electrons. The molecular weight excluding hydrogens is 491 g/mol. The summed E-state index contributed by atoms with van der Waals surface area (Å²) in [6, 6.07) is 7.96. The summed E-state index contributed by atoms with van der Waals surface area (Å²) in [7, 11) is 0. The van der Waals surface area contributed by atoms with Gasteiger partial charge in [-0.1, -0.05) is 12.1 Å². The number of nitrogens with one attached hydrogen (secondary N) is 1. The normalized spacial score (nSPS) is 18.1. The van der Waals surface area contributed by atoms with Crippen LogP contribution in [0.3, 0.4) is 0 Å². The maximum absolute atomic E-state index is 12.6. The van der Waals surface area contributed by atoms with Crippen LogP contribution >= 0.6 is 24.0 Å². The van der Waals surface area contributed by atoms with Gasteiger partial charge >= 0.3 is 0 Å². The number of piperidine rings is 2. The number of hydrogen-bond donors (Lipinski definition) is 1. The van der Waals surface area contributed by atoms with Gasteiger partial charge < -0.3 is 19.9 Å². The Morgan fingerprint density at radius 3 is 2.30 bits per heavy atom. The Labute approximate surface area is 198 Å². The van der Waals surface area contributed by atoms with Gasteiger partial charge in [-0.15, -0.1) is 24.0 Å². The molecule has 2 aliphatic heterocycles. The number of nitrogens with zero attached hydrogens (tertiary/aromatic N) is 3. The highest BCUT2D eigenvalue weighted by molar-refractivity contribution is 14.0. The molecule has 3 rings (SSSR count). The maximum atomic E-state index is 12.6. The lowest BCUT2D eigenvalue weighted by atomic mass is 10.1. The van der Waals surface area contributed by atoms with Gasteiger partial charge in [0.1, 0.15) is 0 Å². The van der Waals surface area contributed by atoms with Gasteiger partial charge in [-0.2, -0.15) is 0 Å². The first-order valence-electron chi connectivity index (χ1n) is 11.2. The molecule has 0 aliphatic carbocycles. The third kappa shape index (κ3) is 7.11. The summed E-state index contributed by atoms with van der Waals surface area (Å²) in [6.45, 7) is 10.1. The minimum absolute atomic E-state index is 0. The van der Waals surface area contributed by atoms with Gasteiger partial charge in [0.15, 0.2) is 5.96 Å². The molecule has 2 saturated heterocycles. The molecule has 0 unspecified atom stereocenters. The molecule has 7 heteroatoms. The summed E-state index contributed by atoms with van der Waals surface area (Å²) in [5.74, 6) is 1.13. The molecule has 0 aromatic heterocycles. The molecule has 0 spiro atoms. The van der Waals surface area contributed by atoms with Gasteiger partial charge in [0.2, 0.25) is 0 Å². The summed E-state index contributed by atoms with van der Waals surface area (Å²) >= 11 is 0. The Kier molecular flexibility index (Phi) is 10.9. The van der Waals surface area contributed by atoms with Crippen molar-refractivity contribution in [2.45, 2.75) is 58.6 Å². The molecule has 0 atom stereocenters. The largest absolute Gasteiger partial charge is 0.378 e. The summed E-state index contributed by atoms with van der Waals surface area (Å²) in [4.78, 5) is 21.8.